The minimum Gasteiger partial charge on any atom is -0.314 e. The molecule has 6 heteroatoms. The molecule has 0 radical (unpaired) electrons. The summed E-state index contributed by atoms with van der Waals surface area (Å²) in [5.74, 6) is 0. The minimum absolute atomic E-state index is 0.364. The van der Waals surface area contributed by atoms with Gasteiger partial charge in [0, 0.05) is 16.4 Å². The second kappa shape index (κ2) is 7.50. The molecule has 0 heterocycles. The first-order valence-corrected chi connectivity index (χ1v) is 7.55. The maximum absolute atomic E-state index is 11.7. The van der Waals surface area contributed by atoms with E-state index in [0.29, 0.717) is 15.7 Å². The molecule has 2 amide bonds. The molecule has 0 aliphatic rings. The molecule has 0 unspecified atom stereocenters. The van der Waals surface area contributed by atoms with Crippen LogP contribution in [0, 0.1) is 0 Å². The van der Waals surface area contributed by atoms with Crippen LogP contribution in [0.15, 0.2) is 53.1 Å². The van der Waals surface area contributed by atoms with Gasteiger partial charge in [0.2, 0.25) is 0 Å². The monoisotopic (exact) mass is 384 g/mol. The number of hydrogen-bond acceptors (Lipinski definition) is 1. The van der Waals surface area contributed by atoms with E-state index in [0.717, 1.165) is 10.0 Å². The first-order chi connectivity index (χ1) is 10.1. The highest BCUT2D eigenvalue weighted by atomic mass is 79.9. The van der Waals surface area contributed by atoms with Crippen LogP contribution in [0.2, 0.25) is 10.0 Å². The number of amides is 2. The topological polar surface area (TPSA) is 41.1 Å². The summed E-state index contributed by atoms with van der Waals surface area (Å²) in [6.07, 6.45) is 3.35. The Morgan fingerprint density at radius 3 is 2.57 bits per heavy atom. The molecule has 0 bridgehead atoms. The SMILES string of the molecule is O=C(N/C=C/c1ccccc1Br)Nc1ccc(Cl)c(Cl)c1. The van der Waals surface area contributed by atoms with Gasteiger partial charge < -0.3 is 10.6 Å². The molecule has 2 aromatic rings. The first-order valence-electron chi connectivity index (χ1n) is 6.00. The van der Waals surface area contributed by atoms with Gasteiger partial charge in [-0.15, -0.1) is 0 Å². The highest BCUT2D eigenvalue weighted by Gasteiger charge is 2.02. The van der Waals surface area contributed by atoms with Crippen LogP contribution in [-0.2, 0) is 0 Å². The van der Waals surface area contributed by atoms with E-state index in [1.165, 1.54) is 0 Å². The molecule has 0 saturated heterocycles. The Morgan fingerprint density at radius 2 is 1.86 bits per heavy atom. The molecule has 0 saturated carbocycles. The smallest absolute Gasteiger partial charge is 0.314 e. The Labute approximate surface area is 141 Å². The molecule has 3 nitrogen and oxygen atoms in total. The summed E-state index contributed by atoms with van der Waals surface area (Å²) < 4.78 is 0.952. The van der Waals surface area contributed by atoms with Gasteiger partial charge in [-0.2, -0.15) is 0 Å². The third-order valence-electron chi connectivity index (χ3n) is 2.56. The number of rotatable bonds is 3. The van der Waals surface area contributed by atoms with Crippen molar-refractivity contribution in [3.63, 3.8) is 0 Å². The number of carbonyl (C=O) groups is 1. The largest absolute Gasteiger partial charge is 0.323 e. The van der Waals surface area contributed by atoms with Gasteiger partial charge in [-0.05, 0) is 35.9 Å². The lowest BCUT2D eigenvalue weighted by Crippen LogP contribution is -2.23. The van der Waals surface area contributed by atoms with Crippen molar-refractivity contribution in [2.45, 2.75) is 0 Å². The lowest BCUT2D eigenvalue weighted by atomic mass is 10.2. The zero-order valence-corrected chi connectivity index (χ0v) is 13.8. The predicted octanol–water partition coefficient (Wildman–Crippen LogP) is 5.55. The molecule has 2 rings (SSSR count). The van der Waals surface area contributed by atoms with E-state index in [9.17, 15) is 4.79 Å². The number of hydrogen-bond donors (Lipinski definition) is 2. The third kappa shape index (κ3) is 4.77. The molecule has 0 atom stereocenters. The highest BCUT2D eigenvalue weighted by Crippen LogP contribution is 2.24. The maximum atomic E-state index is 11.7. The van der Waals surface area contributed by atoms with Crippen molar-refractivity contribution in [2.75, 3.05) is 5.32 Å². The Morgan fingerprint density at radius 1 is 1.10 bits per heavy atom. The van der Waals surface area contributed by atoms with Gasteiger partial charge in [-0.1, -0.05) is 57.3 Å². The number of nitrogens with one attached hydrogen (secondary N) is 2. The van der Waals surface area contributed by atoms with Crippen LogP contribution in [0.3, 0.4) is 0 Å². The standard InChI is InChI=1S/C15H11BrCl2N2O/c16-12-4-2-1-3-10(12)7-8-19-15(21)20-11-5-6-13(17)14(18)9-11/h1-9H,(H2,19,20,21)/b8-7+. The van der Waals surface area contributed by atoms with Crippen LogP contribution >= 0.6 is 39.1 Å². The van der Waals surface area contributed by atoms with Crippen molar-refractivity contribution < 1.29 is 4.79 Å². The summed E-state index contributed by atoms with van der Waals surface area (Å²) in [6, 6.07) is 12.2. The molecule has 0 aliphatic heterocycles. The van der Waals surface area contributed by atoms with Crippen LogP contribution in [0.1, 0.15) is 5.56 Å². The quantitative estimate of drug-likeness (QED) is 0.714. The van der Waals surface area contributed by atoms with Crippen LogP contribution in [0.25, 0.3) is 6.08 Å². The van der Waals surface area contributed by atoms with E-state index >= 15 is 0 Å². The third-order valence-corrected chi connectivity index (χ3v) is 4.02. The van der Waals surface area contributed by atoms with Crippen LogP contribution in [-0.4, -0.2) is 6.03 Å². The van der Waals surface area contributed by atoms with Gasteiger partial charge in [0.05, 0.1) is 10.0 Å². The molecule has 0 aliphatic carbocycles. The molecule has 0 spiro atoms. The molecular formula is C15H11BrCl2N2O. The fraction of sp³-hybridized carbons (Fsp3) is 0. The fourth-order valence-corrected chi connectivity index (χ4v) is 2.27. The normalized spacial score (nSPS) is 10.6. The second-order valence-corrected chi connectivity index (χ2v) is 5.75. The number of anilines is 1. The molecule has 0 fully saturated rings. The van der Waals surface area contributed by atoms with Crippen molar-refractivity contribution >= 4 is 56.9 Å². The fourth-order valence-electron chi connectivity index (χ4n) is 1.56. The summed E-state index contributed by atoms with van der Waals surface area (Å²) in [5, 5.41) is 6.10. The summed E-state index contributed by atoms with van der Waals surface area (Å²) in [7, 11) is 0. The summed E-state index contributed by atoms with van der Waals surface area (Å²) >= 11 is 15.1. The summed E-state index contributed by atoms with van der Waals surface area (Å²) in [6.45, 7) is 0. The van der Waals surface area contributed by atoms with Crippen molar-refractivity contribution in [2.24, 2.45) is 0 Å². The van der Waals surface area contributed by atoms with Gasteiger partial charge in [0.1, 0.15) is 0 Å². The van der Waals surface area contributed by atoms with Crippen LogP contribution < -0.4 is 10.6 Å². The van der Waals surface area contributed by atoms with E-state index in [4.69, 9.17) is 23.2 Å². The summed E-state index contributed by atoms with van der Waals surface area (Å²) in [4.78, 5) is 11.7. The van der Waals surface area contributed by atoms with Gasteiger partial charge in [-0.25, -0.2) is 4.79 Å². The Kier molecular flexibility index (Phi) is 5.67. The molecule has 108 valence electrons. The van der Waals surface area contributed by atoms with Crippen molar-refractivity contribution in [3.8, 4) is 0 Å². The number of urea groups is 1. The Hall–Kier alpha value is -1.49. The number of halogens is 3. The van der Waals surface area contributed by atoms with Gasteiger partial charge >= 0.3 is 6.03 Å². The lowest BCUT2D eigenvalue weighted by Gasteiger charge is -2.05. The summed E-state index contributed by atoms with van der Waals surface area (Å²) in [5.41, 5.74) is 1.53. The zero-order chi connectivity index (χ0) is 15.2. The van der Waals surface area contributed by atoms with E-state index in [1.54, 1.807) is 30.5 Å². The average molecular weight is 386 g/mol. The van der Waals surface area contributed by atoms with Crippen molar-refractivity contribution in [1.82, 2.24) is 5.32 Å². The van der Waals surface area contributed by atoms with Crippen LogP contribution in [0.4, 0.5) is 10.5 Å². The molecule has 2 aromatic carbocycles. The molecule has 0 aromatic heterocycles. The zero-order valence-electron chi connectivity index (χ0n) is 10.7. The Bertz CT molecular complexity index is 689. The van der Waals surface area contributed by atoms with E-state index < -0.39 is 0 Å². The highest BCUT2D eigenvalue weighted by molar-refractivity contribution is 9.10. The van der Waals surface area contributed by atoms with Crippen molar-refractivity contribution in [3.05, 3.63) is 68.7 Å². The molecular weight excluding hydrogens is 375 g/mol. The minimum atomic E-state index is -0.364. The molecule has 21 heavy (non-hydrogen) atoms. The van der Waals surface area contributed by atoms with Gasteiger partial charge in [0.15, 0.2) is 0 Å². The van der Waals surface area contributed by atoms with Crippen molar-refractivity contribution in [1.29, 1.82) is 0 Å². The lowest BCUT2D eigenvalue weighted by molar-refractivity contribution is 0.255. The van der Waals surface area contributed by atoms with Crippen LogP contribution in [0.5, 0.6) is 0 Å². The van der Waals surface area contributed by atoms with E-state index in [2.05, 4.69) is 26.6 Å². The van der Waals surface area contributed by atoms with Gasteiger partial charge in [0.25, 0.3) is 0 Å². The maximum Gasteiger partial charge on any atom is 0.323 e. The van der Waals surface area contributed by atoms with Gasteiger partial charge in [-0.3, -0.25) is 0 Å². The Balaban J connectivity index is 1.93. The second-order valence-electron chi connectivity index (χ2n) is 4.08. The van der Waals surface area contributed by atoms with E-state index in [1.807, 2.05) is 24.3 Å². The first kappa shape index (κ1) is 15.9. The van der Waals surface area contributed by atoms with E-state index in [-0.39, 0.29) is 6.03 Å². The number of carbonyl (C=O) groups excluding carboxylic acids is 1. The molecule has 2 N–H and O–H groups in total. The average Bonchev–Trinajstić information content (AvgIpc) is 2.45. The number of benzene rings is 2. The predicted molar refractivity (Wildman–Crippen MR) is 91.8 cm³/mol.